The molecule has 90 valence electrons. The van der Waals surface area contributed by atoms with E-state index in [4.69, 9.17) is 0 Å². The molecular weight excluding hydrogens is 224 g/mol. The first-order chi connectivity index (χ1) is 7.67. The normalized spacial score (nSPS) is 11.4. The highest BCUT2D eigenvalue weighted by Gasteiger charge is 2.25. The predicted molar refractivity (Wildman–Crippen MR) is 65.5 cm³/mol. The quantitative estimate of drug-likeness (QED) is 0.792. The Labute approximate surface area is 99.8 Å². The summed E-state index contributed by atoms with van der Waals surface area (Å²) in [5, 5.41) is 9.08. The second-order valence-electron chi connectivity index (χ2n) is 3.61. The maximum absolute atomic E-state index is 11.6. The van der Waals surface area contributed by atoms with Crippen molar-refractivity contribution >= 4 is 17.7 Å². The summed E-state index contributed by atoms with van der Waals surface area (Å²) in [4.78, 5) is 15.5. The van der Waals surface area contributed by atoms with Crippen LogP contribution in [0.15, 0.2) is 6.33 Å². The van der Waals surface area contributed by atoms with Gasteiger partial charge in [-0.1, -0.05) is 13.8 Å². The van der Waals surface area contributed by atoms with Crippen molar-refractivity contribution in [2.24, 2.45) is 0 Å². The first-order valence-electron chi connectivity index (χ1n) is 5.36. The minimum atomic E-state index is -0.196. The Morgan fingerprint density at radius 2 is 2.25 bits per heavy atom. The van der Waals surface area contributed by atoms with Crippen molar-refractivity contribution in [3.05, 3.63) is 12.2 Å². The van der Waals surface area contributed by atoms with Crippen LogP contribution in [0.25, 0.3) is 0 Å². The number of hydrogen-bond acceptors (Lipinski definition) is 4. The maximum Gasteiger partial charge on any atom is 0.288 e. The van der Waals surface area contributed by atoms with Crippen molar-refractivity contribution in [3.63, 3.8) is 0 Å². The number of thioether (sulfide) groups is 1. The van der Waals surface area contributed by atoms with Crippen LogP contribution < -0.4 is 5.32 Å². The Morgan fingerprint density at radius 3 is 2.69 bits per heavy atom. The summed E-state index contributed by atoms with van der Waals surface area (Å²) in [7, 11) is 0. The van der Waals surface area contributed by atoms with E-state index in [0.29, 0.717) is 6.54 Å². The van der Waals surface area contributed by atoms with E-state index >= 15 is 0 Å². The fourth-order valence-electron chi connectivity index (χ4n) is 1.50. The largest absolute Gasteiger partial charge is 0.348 e. The van der Waals surface area contributed by atoms with E-state index in [9.17, 15) is 4.79 Å². The molecule has 0 aliphatic heterocycles. The van der Waals surface area contributed by atoms with Gasteiger partial charge in [0.05, 0.1) is 0 Å². The van der Waals surface area contributed by atoms with Gasteiger partial charge in [0.15, 0.2) is 0 Å². The van der Waals surface area contributed by atoms with Crippen LogP contribution in [-0.4, -0.2) is 38.6 Å². The zero-order valence-electron chi connectivity index (χ0n) is 9.91. The van der Waals surface area contributed by atoms with Gasteiger partial charge in [-0.25, -0.2) is 4.98 Å². The molecule has 0 atom stereocenters. The number of carbonyl (C=O) groups is 1. The fourth-order valence-corrected chi connectivity index (χ4v) is 2.29. The van der Waals surface area contributed by atoms with Crippen LogP contribution in [0.2, 0.25) is 0 Å². The second-order valence-corrected chi connectivity index (χ2v) is 4.89. The minimum Gasteiger partial charge on any atom is -0.348 e. The van der Waals surface area contributed by atoms with Gasteiger partial charge in [0.1, 0.15) is 6.33 Å². The average molecular weight is 242 g/mol. The second kappa shape index (κ2) is 5.89. The lowest BCUT2D eigenvalue weighted by molar-refractivity contribution is 0.0939. The molecule has 1 heterocycles. The zero-order chi connectivity index (χ0) is 12.0. The molecule has 0 saturated carbocycles. The van der Waals surface area contributed by atoms with Gasteiger partial charge in [-0.05, 0) is 19.1 Å². The predicted octanol–water partition coefficient (Wildman–Crippen LogP) is 1.46. The first kappa shape index (κ1) is 13.0. The molecule has 0 aliphatic rings. The molecule has 0 bridgehead atoms. The Hall–Kier alpha value is -1.04. The molecule has 2 N–H and O–H groups in total. The topological polar surface area (TPSA) is 70.7 Å². The van der Waals surface area contributed by atoms with Crippen molar-refractivity contribution in [1.82, 2.24) is 20.5 Å². The highest BCUT2D eigenvalue weighted by atomic mass is 32.2. The molecule has 1 amide bonds. The molecular formula is C10H18N4OS. The van der Waals surface area contributed by atoms with E-state index in [1.165, 1.54) is 6.33 Å². The number of rotatable bonds is 6. The van der Waals surface area contributed by atoms with Crippen LogP contribution in [0.1, 0.15) is 37.3 Å². The number of hydrogen-bond donors (Lipinski definition) is 2. The van der Waals surface area contributed by atoms with E-state index in [-0.39, 0.29) is 16.5 Å². The highest BCUT2D eigenvalue weighted by molar-refractivity contribution is 8.00. The van der Waals surface area contributed by atoms with Crippen molar-refractivity contribution in [2.45, 2.75) is 31.4 Å². The van der Waals surface area contributed by atoms with Gasteiger partial charge in [0, 0.05) is 11.3 Å². The lowest BCUT2D eigenvalue weighted by Gasteiger charge is -2.29. The van der Waals surface area contributed by atoms with Crippen molar-refractivity contribution in [3.8, 4) is 0 Å². The van der Waals surface area contributed by atoms with E-state index < -0.39 is 0 Å². The number of amides is 1. The number of nitrogens with one attached hydrogen (secondary N) is 2. The number of aromatic amines is 1. The van der Waals surface area contributed by atoms with Crippen LogP contribution in [0.5, 0.6) is 0 Å². The summed E-state index contributed by atoms with van der Waals surface area (Å²) >= 11 is 1.80. The van der Waals surface area contributed by atoms with E-state index in [1.54, 1.807) is 11.8 Å². The average Bonchev–Trinajstić information content (AvgIpc) is 2.85. The van der Waals surface area contributed by atoms with Gasteiger partial charge in [0.25, 0.3) is 5.91 Å². The summed E-state index contributed by atoms with van der Waals surface area (Å²) in [6.45, 7) is 4.93. The Kier molecular flexibility index (Phi) is 4.79. The zero-order valence-corrected chi connectivity index (χ0v) is 10.7. The molecule has 0 aliphatic carbocycles. The molecule has 6 heteroatoms. The van der Waals surface area contributed by atoms with Gasteiger partial charge >= 0.3 is 0 Å². The summed E-state index contributed by atoms with van der Waals surface area (Å²) < 4.78 is 0.121. The lowest BCUT2D eigenvalue weighted by Crippen LogP contribution is -2.39. The molecule has 1 rings (SSSR count). The first-order valence-corrected chi connectivity index (χ1v) is 6.58. The Balaban J connectivity index is 2.53. The van der Waals surface area contributed by atoms with Gasteiger partial charge in [-0.2, -0.15) is 16.9 Å². The van der Waals surface area contributed by atoms with Crippen molar-refractivity contribution < 1.29 is 4.79 Å². The van der Waals surface area contributed by atoms with Gasteiger partial charge < -0.3 is 5.32 Å². The van der Waals surface area contributed by atoms with Crippen molar-refractivity contribution in [2.75, 3.05) is 12.8 Å². The number of nitrogens with zero attached hydrogens (tertiary/aromatic N) is 2. The van der Waals surface area contributed by atoms with Gasteiger partial charge in [-0.15, -0.1) is 0 Å². The van der Waals surface area contributed by atoms with Crippen molar-refractivity contribution in [1.29, 1.82) is 0 Å². The summed E-state index contributed by atoms with van der Waals surface area (Å²) in [5.41, 5.74) is 0. The third-order valence-electron chi connectivity index (χ3n) is 2.92. The molecule has 5 nitrogen and oxygen atoms in total. The minimum absolute atomic E-state index is 0.121. The summed E-state index contributed by atoms with van der Waals surface area (Å²) in [5.74, 6) is 0.0695. The molecule has 0 aromatic carbocycles. The van der Waals surface area contributed by atoms with Gasteiger partial charge in [-0.3, -0.25) is 9.89 Å². The summed E-state index contributed by atoms with van der Waals surface area (Å²) in [6.07, 6.45) is 5.46. The number of aromatic nitrogens is 3. The van der Waals surface area contributed by atoms with Crippen LogP contribution in [0.3, 0.4) is 0 Å². The molecule has 0 fully saturated rings. The van der Waals surface area contributed by atoms with Crippen LogP contribution >= 0.6 is 11.8 Å². The molecule has 0 spiro atoms. The van der Waals surface area contributed by atoms with E-state index in [2.05, 4.69) is 40.6 Å². The third-order valence-corrected chi connectivity index (χ3v) is 4.51. The summed E-state index contributed by atoms with van der Waals surface area (Å²) in [6, 6.07) is 0. The van der Waals surface area contributed by atoms with E-state index in [0.717, 1.165) is 12.8 Å². The molecule has 1 aromatic heterocycles. The smallest absolute Gasteiger partial charge is 0.288 e. The Bertz CT molecular complexity index is 313. The van der Waals surface area contributed by atoms with Crippen LogP contribution in [-0.2, 0) is 0 Å². The SMILES string of the molecule is CCC(CC)(CNC(=O)c1ncn[nH]1)SC. The van der Waals surface area contributed by atoms with Crippen LogP contribution in [0.4, 0.5) is 0 Å². The van der Waals surface area contributed by atoms with E-state index in [1.807, 2.05) is 0 Å². The third kappa shape index (κ3) is 2.98. The molecule has 16 heavy (non-hydrogen) atoms. The standard InChI is InChI=1S/C10H18N4OS/c1-4-10(5-2,16-3)6-11-9(15)8-12-7-13-14-8/h7H,4-6H2,1-3H3,(H,11,15)(H,12,13,14). The maximum atomic E-state index is 11.6. The molecule has 0 unspecified atom stereocenters. The monoisotopic (exact) mass is 242 g/mol. The number of H-pyrrole nitrogens is 1. The molecule has 1 aromatic rings. The molecule has 0 saturated heterocycles. The number of carbonyl (C=O) groups excluding carboxylic acids is 1. The highest BCUT2D eigenvalue weighted by Crippen LogP contribution is 2.29. The van der Waals surface area contributed by atoms with Gasteiger partial charge in [0.2, 0.25) is 5.82 Å². The Morgan fingerprint density at radius 1 is 1.56 bits per heavy atom. The van der Waals surface area contributed by atoms with Crippen LogP contribution in [0, 0.1) is 0 Å². The fraction of sp³-hybridized carbons (Fsp3) is 0.700. The lowest BCUT2D eigenvalue weighted by atomic mass is 10.0. The molecule has 0 radical (unpaired) electrons.